The number of urea groups is 1. The summed E-state index contributed by atoms with van der Waals surface area (Å²) in [5.74, 6) is 1.59. The number of benzene rings is 3. The Labute approximate surface area is 289 Å². The second kappa shape index (κ2) is 14.0. The molecule has 1 aromatic heterocycles. The number of methoxy groups -OCH3 is 1. The molecular weight excluding hydrogens is 614 g/mol. The van der Waals surface area contributed by atoms with Gasteiger partial charge in [0.15, 0.2) is 5.82 Å². The van der Waals surface area contributed by atoms with Gasteiger partial charge in [-0.15, -0.1) is 0 Å². The van der Waals surface area contributed by atoms with Crippen molar-refractivity contribution in [3.05, 3.63) is 89.1 Å². The summed E-state index contributed by atoms with van der Waals surface area (Å²) in [5, 5.41) is 3.39. The highest BCUT2D eigenvalue weighted by molar-refractivity contribution is 6.11. The van der Waals surface area contributed by atoms with Crippen molar-refractivity contribution in [3.8, 4) is 5.75 Å². The van der Waals surface area contributed by atoms with Crippen molar-refractivity contribution in [2.45, 2.75) is 26.9 Å². The Balaban J connectivity index is 1.21. The third kappa shape index (κ3) is 6.92. The van der Waals surface area contributed by atoms with E-state index < -0.39 is 0 Å². The van der Waals surface area contributed by atoms with Gasteiger partial charge in [-0.3, -0.25) is 9.80 Å². The smallest absolute Gasteiger partial charge is 0.335 e. The summed E-state index contributed by atoms with van der Waals surface area (Å²) in [7, 11) is 5.99. The van der Waals surface area contributed by atoms with E-state index >= 15 is 0 Å². The summed E-state index contributed by atoms with van der Waals surface area (Å²) in [6.45, 7) is 13.6. The fourth-order valence-electron chi connectivity index (χ4n) is 7.03. The lowest BCUT2D eigenvalue weighted by Gasteiger charge is -2.38. The molecule has 49 heavy (non-hydrogen) atoms. The highest BCUT2D eigenvalue weighted by Gasteiger charge is 2.37. The van der Waals surface area contributed by atoms with E-state index in [4.69, 9.17) is 14.7 Å². The molecule has 0 unspecified atom stereocenters. The molecule has 2 saturated heterocycles. The number of ether oxygens (including phenoxy) is 1. The van der Waals surface area contributed by atoms with Gasteiger partial charge in [0.2, 0.25) is 5.95 Å². The molecule has 2 amide bonds. The van der Waals surface area contributed by atoms with Crippen LogP contribution in [0.3, 0.4) is 0 Å². The number of carbonyl (C=O) groups is 1. The zero-order valence-corrected chi connectivity index (χ0v) is 29.3. The number of carbonyl (C=O) groups excluding carboxylic acids is 1. The summed E-state index contributed by atoms with van der Waals surface area (Å²) >= 11 is 0. The Hall–Kier alpha value is -4.71. The standard InChI is InChI=1S/C38H47N9O2/c1-27-7-6-8-28(2)35(27)46-26-30-24-39-37(40-31-11-9-29(10-12-31)25-44-19-15-42(3)16-20-44)41-36(30)47(38(46)48)33-14-13-32(23-34(33)49-5)45-21-17-43(4)18-22-45/h6-14,23-24H,15-22,25-26H2,1-5H3,(H,39,40,41). The molecule has 0 radical (unpaired) electrons. The maximum absolute atomic E-state index is 14.7. The van der Waals surface area contributed by atoms with Gasteiger partial charge >= 0.3 is 6.03 Å². The number of anilines is 6. The molecule has 256 valence electrons. The molecule has 3 aliphatic heterocycles. The molecule has 3 aliphatic rings. The van der Waals surface area contributed by atoms with Crippen molar-refractivity contribution in [2.24, 2.45) is 0 Å². The Morgan fingerprint density at radius 3 is 2.18 bits per heavy atom. The summed E-state index contributed by atoms with van der Waals surface area (Å²) < 4.78 is 5.99. The molecular formula is C38H47N9O2. The minimum atomic E-state index is -0.187. The van der Waals surface area contributed by atoms with E-state index in [1.807, 2.05) is 55.3 Å². The molecule has 1 N–H and O–H groups in total. The van der Waals surface area contributed by atoms with Crippen molar-refractivity contribution in [3.63, 3.8) is 0 Å². The topological polar surface area (TPSA) is 83.5 Å². The number of hydrogen-bond acceptors (Lipinski definition) is 9. The first-order valence-corrected chi connectivity index (χ1v) is 17.2. The van der Waals surface area contributed by atoms with E-state index in [0.29, 0.717) is 29.7 Å². The van der Waals surface area contributed by atoms with Gasteiger partial charge in [-0.25, -0.2) is 14.7 Å². The highest BCUT2D eigenvalue weighted by Crippen LogP contribution is 2.43. The molecule has 0 spiro atoms. The van der Waals surface area contributed by atoms with Gasteiger partial charge in [0, 0.05) is 88.1 Å². The normalized spacial score (nSPS) is 17.7. The SMILES string of the molecule is COc1cc(N2CCN(C)CC2)ccc1N1C(=O)N(c2c(C)cccc2C)Cc2cnc(Nc3ccc(CN4CCN(C)CC4)cc3)nc21. The third-order valence-corrected chi connectivity index (χ3v) is 10.00. The van der Waals surface area contributed by atoms with Crippen molar-refractivity contribution >= 4 is 40.5 Å². The Morgan fingerprint density at radius 2 is 1.51 bits per heavy atom. The predicted molar refractivity (Wildman–Crippen MR) is 197 cm³/mol. The van der Waals surface area contributed by atoms with Crippen molar-refractivity contribution in [2.75, 3.05) is 93.6 Å². The average Bonchev–Trinajstić information content (AvgIpc) is 3.10. The number of para-hydroxylation sites is 1. The number of nitrogens with one attached hydrogen (secondary N) is 1. The zero-order valence-electron chi connectivity index (χ0n) is 29.3. The lowest BCUT2D eigenvalue weighted by molar-refractivity contribution is 0.148. The molecule has 0 atom stereocenters. The molecule has 7 rings (SSSR count). The molecule has 4 aromatic rings. The molecule has 0 saturated carbocycles. The van der Waals surface area contributed by atoms with Gasteiger partial charge < -0.3 is 24.8 Å². The molecule has 3 aromatic carbocycles. The summed E-state index contributed by atoms with van der Waals surface area (Å²) in [5.41, 5.74) is 7.69. The maximum Gasteiger partial charge on any atom is 0.335 e. The van der Waals surface area contributed by atoms with E-state index in [1.165, 1.54) is 5.56 Å². The molecule has 0 aliphatic carbocycles. The fourth-order valence-corrected chi connectivity index (χ4v) is 7.03. The van der Waals surface area contributed by atoms with Crippen molar-refractivity contribution in [1.29, 1.82) is 0 Å². The molecule has 2 fully saturated rings. The number of amides is 2. The monoisotopic (exact) mass is 661 g/mol. The van der Waals surface area contributed by atoms with Crippen LogP contribution in [-0.2, 0) is 13.1 Å². The van der Waals surface area contributed by atoms with Crippen molar-refractivity contribution < 1.29 is 9.53 Å². The van der Waals surface area contributed by atoms with Crippen molar-refractivity contribution in [1.82, 2.24) is 24.7 Å². The molecule has 11 nitrogen and oxygen atoms in total. The quantitative estimate of drug-likeness (QED) is 0.259. The number of fused-ring (bicyclic) bond motifs is 1. The van der Waals surface area contributed by atoms with Crippen LogP contribution in [0.5, 0.6) is 5.75 Å². The maximum atomic E-state index is 14.7. The van der Waals surface area contributed by atoms with E-state index in [2.05, 4.69) is 69.3 Å². The van der Waals surface area contributed by atoms with Crippen LogP contribution in [-0.4, -0.2) is 104 Å². The Bertz CT molecular complexity index is 1780. The van der Waals surface area contributed by atoms with Crippen LogP contribution in [0.15, 0.2) is 66.9 Å². The highest BCUT2D eigenvalue weighted by atomic mass is 16.5. The van der Waals surface area contributed by atoms with Gasteiger partial charge in [-0.05, 0) is 68.9 Å². The van der Waals surface area contributed by atoms with Gasteiger partial charge in [0.25, 0.3) is 0 Å². The van der Waals surface area contributed by atoms with E-state index in [9.17, 15) is 4.79 Å². The minimum absolute atomic E-state index is 0.187. The minimum Gasteiger partial charge on any atom is -0.494 e. The van der Waals surface area contributed by atoms with Crippen LogP contribution in [0.1, 0.15) is 22.3 Å². The summed E-state index contributed by atoms with van der Waals surface area (Å²) in [6.07, 6.45) is 1.83. The van der Waals surface area contributed by atoms with E-state index in [1.54, 1.807) is 12.0 Å². The number of piperazine rings is 2. The number of hydrogen-bond donors (Lipinski definition) is 1. The summed E-state index contributed by atoms with van der Waals surface area (Å²) in [6, 6.07) is 20.5. The van der Waals surface area contributed by atoms with E-state index in [0.717, 1.165) is 92.7 Å². The first kappa shape index (κ1) is 32.8. The van der Waals surface area contributed by atoms with Crippen LogP contribution in [0.25, 0.3) is 0 Å². The number of likely N-dealkylation sites (N-methyl/N-ethyl adjacent to an activating group) is 2. The van der Waals surface area contributed by atoms with Crippen LogP contribution >= 0.6 is 0 Å². The van der Waals surface area contributed by atoms with Crippen LogP contribution in [0.4, 0.5) is 39.3 Å². The second-order valence-corrected chi connectivity index (χ2v) is 13.5. The molecule has 11 heteroatoms. The predicted octanol–water partition coefficient (Wildman–Crippen LogP) is 5.62. The molecule has 4 heterocycles. The first-order chi connectivity index (χ1) is 23.8. The Morgan fingerprint density at radius 1 is 0.837 bits per heavy atom. The van der Waals surface area contributed by atoms with Crippen LogP contribution in [0, 0.1) is 13.8 Å². The number of nitrogens with zero attached hydrogens (tertiary/aromatic N) is 8. The van der Waals surface area contributed by atoms with Gasteiger partial charge in [0.05, 0.1) is 25.0 Å². The zero-order chi connectivity index (χ0) is 34.1. The lowest BCUT2D eigenvalue weighted by atomic mass is 10.1. The van der Waals surface area contributed by atoms with Gasteiger partial charge in [0.1, 0.15) is 5.75 Å². The van der Waals surface area contributed by atoms with Crippen LogP contribution in [0.2, 0.25) is 0 Å². The van der Waals surface area contributed by atoms with Crippen LogP contribution < -0.4 is 24.8 Å². The van der Waals surface area contributed by atoms with Gasteiger partial charge in [-0.1, -0.05) is 30.3 Å². The number of aromatic nitrogens is 2. The summed E-state index contributed by atoms with van der Waals surface area (Å²) in [4.78, 5) is 37.4. The van der Waals surface area contributed by atoms with E-state index in [-0.39, 0.29) is 6.03 Å². The number of rotatable bonds is 8. The Kier molecular flexibility index (Phi) is 9.40. The lowest BCUT2D eigenvalue weighted by Crippen LogP contribution is -2.46. The van der Waals surface area contributed by atoms with Gasteiger partial charge in [-0.2, -0.15) is 4.98 Å². The number of aryl methyl sites for hydroxylation is 2. The third-order valence-electron chi connectivity index (χ3n) is 10.00. The first-order valence-electron chi connectivity index (χ1n) is 17.2. The second-order valence-electron chi connectivity index (χ2n) is 13.5. The average molecular weight is 662 g/mol. The largest absolute Gasteiger partial charge is 0.494 e. The fraction of sp³-hybridized carbons (Fsp3) is 0.395. The molecule has 0 bridgehead atoms.